The lowest BCUT2D eigenvalue weighted by atomic mass is 9.81. The number of methoxy groups -OCH3 is 1. The molecule has 116 valence electrons. The number of ether oxygens (including phenoxy) is 1. The van der Waals surface area contributed by atoms with Crippen molar-refractivity contribution in [1.82, 2.24) is 5.32 Å². The van der Waals surface area contributed by atoms with Crippen molar-refractivity contribution >= 4 is 17.7 Å². The summed E-state index contributed by atoms with van der Waals surface area (Å²) < 4.78 is 5.07. The van der Waals surface area contributed by atoms with Gasteiger partial charge in [0.1, 0.15) is 5.54 Å². The Morgan fingerprint density at radius 3 is 2.85 bits per heavy atom. The van der Waals surface area contributed by atoms with Crippen LogP contribution >= 0.6 is 11.8 Å². The van der Waals surface area contributed by atoms with Crippen LogP contribution in [-0.4, -0.2) is 46.9 Å². The molecule has 0 saturated heterocycles. The van der Waals surface area contributed by atoms with Gasteiger partial charge in [-0.05, 0) is 44.9 Å². The van der Waals surface area contributed by atoms with Gasteiger partial charge in [-0.25, -0.2) is 0 Å². The van der Waals surface area contributed by atoms with Crippen molar-refractivity contribution in [3.05, 3.63) is 0 Å². The zero-order valence-electron chi connectivity index (χ0n) is 12.6. The fourth-order valence-electron chi connectivity index (χ4n) is 3.11. The molecule has 3 atom stereocenters. The summed E-state index contributed by atoms with van der Waals surface area (Å²) in [5, 5.41) is 13.5. The first kappa shape index (κ1) is 16.1. The highest BCUT2D eigenvalue weighted by atomic mass is 32.2. The lowest BCUT2D eigenvalue weighted by Crippen LogP contribution is -2.57. The smallest absolute Gasteiger partial charge is 0.326 e. The summed E-state index contributed by atoms with van der Waals surface area (Å²) in [5.41, 5.74) is -0.467. The molecule has 0 spiro atoms. The number of carbonyl (C=O) groups excluding carboxylic acids is 1. The minimum atomic E-state index is -0.467. The Kier molecular flexibility index (Phi) is 5.75. The summed E-state index contributed by atoms with van der Waals surface area (Å²) in [5.74, 6) is -0.0930. The summed E-state index contributed by atoms with van der Waals surface area (Å²) in [7, 11) is 1.49. The van der Waals surface area contributed by atoms with E-state index in [0.29, 0.717) is 16.5 Å². The number of hydrogen-bond acceptors (Lipinski definition) is 5. The topological polar surface area (TPSA) is 58.6 Å². The third kappa shape index (κ3) is 4.12. The van der Waals surface area contributed by atoms with Gasteiger partial charge >= 0.3 is 5.97 Å². The Hall–Kier alpha value is -0.260. The van der Waals surface area contributed by atoms with Crippen LogP contribution in [0.2, 0.25) is 0 Å². The van der Waals surface area contributed by atoms with Crippen molar-refractivity contribution in [3.8, 4) is 0 Å². The molecule has 2 fully saturated rings. The summed E-state index contributed by atoms with van der Waals surface area (Å²) >= 11 is 1.91. The maximum Gasteiger partial charge on any atom is 0.326 e. The summed E-state index contributed by atoms with van der Waals surface area (Å²) in [6.45, 7) is 2.40. The normalized spacial score (nSPS) is 31.9. The average molecular weight is 301 g/mol. The quantitative estimate of drug-likeness (QED) is 0.705. The van der Waals surface area contributed by atoms with Crippen LogP contribution in [0.1, 0.15) is 51.9 Å². The SMILES string of the molecule is COC(=O)C1(NC2CC2)CCCC(SC(C)CCO)C1. The van der Waals surface area contributed by atoms with E-state index >= 15 is 0 Å². The van der Waals surface area contributed by atoms with Gasteiger partial charge in [-0.15, -0.1) is 0 Å². The molecule has 2 N–H and O–H groups in total. The predicted octanol–water partition coefficient (Wildman–Crippen LogP) is 2.10. The molecular weight excluding hydrogens is 274 g/mol. The molecule has 2 saturated carbocycles. The molecule has 0 aromatic carbocycles. The third-order valence-corrected chi connectivity index (χ3v) is 5.79. The van der Waals surface area contributed by atoms with E-state index in [2.05, 4.69) is 12.2 Å². The Morgan fingerprint density at radius 1 is 1.50 bits per heavy atom. The van der Waals surface area contributed by atoms with Crippen LogP contribution in [-0.2, 0) is 9.53 Å². The van der Waals surface area contributed by atoms with E-state index in [4.69, 9.17) is 9.84 Å². The number of nitrogens with one attached hydrogen (secondary N) is 1. The van der Waals surface area contributed by atoms with Gasteiger partial charge < -0.3 is 9.84 Å². The van der Waals surface area contributed by atoms with Gasteiger partial charge in [-0.3, -0.25) is 10.1 Å². The second-order valence-corrected chi connectivity index (χ2v) is 7.91. The summed E-state index contributed by atoms with van der Waals surface area (Å²) in [6, 6.07) is 0.507. The highest BCUT2D eigenvalue weighted by Gasteiger charge is 2.46. The Balaban J connectivity index is 1.98. The lowest BCUT2D eigenvalue weighted by molar-refractivity contribution is -0.150. The van der Waals surface area contributed by atoms with Crippen LogP contribution < -0.4 is 5.32 Å². The van der Waals surface area contributed by atoms with E-state index in [-0.39, 0.29) is 12.6 Å². The van der Waals surface area contributed by atoms with Gasteiger partial charge in [-0.1, -0.05) is 6.92 Å². The van der Waals surface area contributed by atoms with E-state index in [1.54, 1.807) is 0 Å². The van der Waals surface area contributed by atoms with E-state index < -0.39 is 5.54 Å². The molecule has 0 radical (unpaired) electrons. The fourth-order valence-corrected chi connectivity index (χ4v) is 4.69. The number of aliphatic hydroxyl groups excluding tert-OH is 1. The van der Waals surface area contributed by atoms with E-state index in [0.717, 1.165) is 32.1 Å². The summed E-state index contributed by atoms with van der Waals surface area (Å²) in [6.07, 6.45) is 7.15. The largest absolute Gasteiger partial charge is 0.468 e. The minimum absolute atomic E-state index is 0.0930. The zero-order valence-corrected chi connectivity index (χ0v) is 13.4. The predicted molar refractivity (Wildman–Crippen MR) is 81.9 cm³/mol. The average Bonchev–Trinajstić information content (AvgIpc) is 3.22. The molecule has 0 aromatic heterocycles. The Morgan fingerprint density at radius 2 is 2.25 bits per heavy atom. The Bertz CT molecular complexity index is 335. The lowest BCUT2D eigenvalue weighted by Gasteiger charge is -2.40. The summed E-state index contributed by atoms with van der Waals surface area (Å²) in [4.78, 5) is 12.3. The van der Waals surface area contributed by atoms with Crippen LogP contribution in [0.5, 0.6) is 0 Å². The zero-order chi connectivity index (χ0) is 14.6. The number of thioether (sulfide) groups is 1. The standard InChI is InChI=1S/C15H27NO3S/c1-11(7-9-17)20-13-4-3-8-15(10-13,14(18)19-2)16-12-5-6-12/h11-13,16-17H,3-10H2,1-2H3. The Labute approximate surface area is 126 Å². The van der Waals surface area contributed by atoms with Gasteiger partial charge in [0.15, 0.2) is 0 Å². The van der Waals surface area contributed by atoms with Crippen LogP contribution in [0.15, 0.2) is 0 Å². The van der Waals surface area contributed by atoms with Crippen LogP contribution in [0.4, 0.5) is 0 Å². The number of aliphatic hydroxyl groups is 1. The van der Waals surface area contributed by atoms with E-state index in [9.17, 15) is 4.79 Å². The molecule has 3 unspecified atom stereocenters. The third-order valence-electron chi connectivity index (χ3n) is 4.30. The monoisotopic (exact) mass is 301 g/mol. The van der Waals surface area contributed by atoms with E-state index in [1.165, 1.54) is 20.0 Å². The fraction of sp³-hybridized carbons (Fsp3) is 0.933. The van der Waals surface area contributed by atoms with E-state index in [1.807, 2.05) is 11.8 Å². The molecule has 2 aliphatic rings. The molecule has 0 aliphatic heterocycles. The van der Waals surface area contributed by atoms with Crippen molar-refractivity contribution in [2.75, 3.05) is 13.7 Å². The van der Waals surface area contributed by atoms with Crippen LogP contribution in [0, 0.1) is 0 Å². The maximum absolute atomic E-state index is 12.3. The molecule has 5 heteroatoms. The van der Waals surface area contributed by atoms with Crippen molar-refractivity contribution < 1.29 is 14.6 Å². The number of rotatable bonds is 7. The first-order valence-electron chi connectivity index (χ1n) is 7.72. The van der Waals surface area contributed by atoms with Crippen molar-refractivity contribution in [2.45, 2.75) is 74.0 Å². The number of esters is 1. The van der Waals surface area contributed by atoms with Gasteiger partial charge in [0.05, 0.1) is 7.11 Å². The van der Waals surface area contributed by atoms with Crippen LogP contribution in [0.3, 0.4) is 0 Å². The molecule has 0 amide bonds. The molecule has 0 heterocycles. The van der Waals surface area contributed by atoms with Gasteiger partial charge in [-0.2, -0.15) is 11.8 Å². The second kappa shape index (κ2) is 7.14. The molecule has 0 bridgehead atoms. The van der Waals surface area contributed by atoms with Gasteiger partial charge in [0.25, 0.3) is 0 Å². The molecular formula is C15H27NO3S. The molecule has 20 heavy (non-hydrogen) atoms. The van der Waals surface area contributed by atoms with Crippen LogP contribution in [0.25, 0.3) is 0 Å². The molecule has 2 aliphatic carbocycles. The molecule has 2 rings (SSSR count). The van der Waals surface area contributed by atoms with Crippen molar-refractivity contribution in [3.63, 3.8) is 0 Å². The highest BCUT2D eigenvalue weighted by molar-refractivity contribution is 8.00. The number of hydrogen-bond donors (Lipinski definition) is 2. The minimum Gasteiger partial charge on any atom is -0.468 e. The number of carbonyl (C=O) groups is 1. The van der Waals surface area contributed by atoms with Gasteiger partial charge in [0.2, 0.25) is 0 Å². The first-order chi connectivity index (χ1) is 9.59. The van der Waals surface area contributed by atoms with Crippen molar-refractivity contribution in [1.29, 1.82) is 0 Å². The second-order valence-electron chi connectivity index (χ2n) is 6.17. The molecule has 4 nitrogen and oxygen atoms in total. The van der Waals surface area contributed by atoms with Gasteiger partial charge in [0, 0.05) is 23.1 Å². The highest BCUT2D eigenvalue weighted by Crippen LogP contribution is 2.39. The maximum atomic E-state index is 12.3. The first-order valence-corrected chi connectivity index (χ1v) is 8.66. The van der Waals surface area contributed by atoms with Crippen molar-refractivity contribution in [2.24, 2.45) is 0 Å². The molecule has 0 aromatic rings.